The number of likely N-dealkylation sites (tertiary alicyclic amines) is 1. The maximum absolute atomic E-state index is 12.8. The largest absolute Gasteiger partial charge is 0.469 e. The number of hydrogen-bond acceptors (Lipinski definition) is 6. The second-order valence-corrected chi connectivity index (χ2v) is 9.83. The van der Waals surface area contributed by atoms with Crippen LogP contribution in [0.15, 0.2) is 59.8 Å². The molecule has 0 aromatic heterocycles. The van der Waals surface area contributed by atoms with Gasteiger partial charge in [-0.1, -0.05) is 47.6 Å². The third kappa shape index (κ3) is 8.04. The van der Waals surface area contributed by atoms with Gasteiger partial charge in [-0.3, -0.25) is 9.32 Å². The molecule has 1 saturated heterocycles. The lowest BCUT2D eigenvalue weighted by Crippen LogP contribution is -2.54. The quantitative estimate of drug-likeness (QED) is 0.202. The van der Waals surface area contributed by atoms with Gasteiger partial charge in [-0.25, -0.2) is 4.57 Å². The number of rotatable bonds is 10. The number of aryl methyl sites for hydroxylation is 1. The fourth-order valence-corrected chi connectivity index (χ4v) is 4.15. The van der Waals surface area contributed by atoms with Gasteiger partial charge in [-0.15, -0.1) is 0 Å². The van der Waals surface area contributed by atoms with Gasteiger partial charge in [0.15, 0.2) is 0 Å². The Balaban J connectivity index is 1.45. The molecular formula is C24H32N3O6P. The molecule has 0 spiro atoms. The van der Waals surface area contributed by atoms with Crippen molar-refractivity contribution >= 4 is 19.4 Å². The number of benzene rings is 2. The summed E-state index contributed by atoms with van der Waals surface area (Å²) in [5.74, 6) is -0.115. The maximum Gasteiger partial charge on any atom is 0.469 e. The van der Waals surface area contributed by atoms with Crippen molar-refractivity contribution in [3.8, 4) is 0 Å². The summed E-state index contributed by atoms with van der Waals surface area (Å²) in [6.45, 7) is 2.91. The Labute approximate surface area is 199 Å². The molecule has 0 atom stereocenters. The second-order valence-electron chi connectivity index (χ2n) is 8.60. The zero-order valence-electron chi connectivity index (χ0n) is 19.3. The number of carbonyl (C=O) groups is 1. The number of amides is 1. The highest BCUT2D eigenvalue weighted by Crippen LogP contribution is 2.37. The molecule has 2 aromatic rings. The van der Waals surface area contributed by atoms with Crippen LogP contribution in [0.25, 0.3) is 0 Å². The predicted octanol–water partition coefficient (Wildman–Crippen LogP) is 3.10. The molecule has 0 radical (unpaired) electrons. The molecule has 184 valence electrons. The van der Waals surface area contributed by atoms with E-state index in [1.807, 2.05) is 37.3 Å². The summed E-state index contributed by atoms with van der Waals surface area (Å²) in [7, 11) is -4.57. The zero-order valence-corrected chi connectivity index (χ0v) is 20.2. The SMILES string of the molecule is CC(=NOCCCc1ccccc1)c1ccc(C(=O)N2CCC(N)(COP(=O)(O)O)CC2)cc1. The van der Waals surface area contributed by atoms with Crippen LogP contribution >= 0.6 is 7.82 Å². The summed E-state index contributed by atoms with van der Waals surface area (Å²) in [6.07, 6.45) is 2.60. The van der Waals surface area contributed by atoms with Crippen molar-refractivity contribution in [1.82, 2.24) is 4.90 Å². The van der Waals surface area contributed by atoms with Crippen LogP contribution in [-0.4, -0.2) is 58.1 Å². The molecular weight excluding hydrogens is 457 g/mol. The highest BCUT2D eigenvalue weighted by molar-refractivity contribution is 7.46. The molecule has 0 saturated carbocycles. The Morgan fingerprint density at radius 3 is 2.32 bits per heavy atom. The average Bonchev–Trinajstić information content (AvgIpc) is 2.83. The Bertz CT molecular complexity index is 1010. The molecule has 10 heteroatoms. The maximum atomic E-state index is 12.8. The summed E-state index contributed by atoms with van der Waals surface area (Å²) in [5, 5.41) is 4.18. The van der Waals surface area contributed by atoms with E-state index in [2.05, 4.69) is 21.8 Å². The monoisotopic (exact) mass is 489 g/mol. The molecule has 1 heterocycles. The number of phosphoric ester groups is 1. The van der Waals surface area contributed by atoms with E-state index in [9.17, 15) is 9.36 Å². The van der Waals surface area contributed by atoms with E-state index in [0.717, 1.165) is 24.1 Å². The van der Waals surface area contributed by atoms with Crippen LogP contribution < -0.4 is 5.73 Å². The van der Waals surface area contributed by atoms with E-state index in [1.54, 1.807) is 17.0 Å². The minimum Gasteiger partial charge on any atom is -0.396 e. The predicted molar refractivity (Wildman–Crippen MR) is 129 cm³/mol. The summed E-state index contributed by atoms with van der Waals surface area (Å²) in [5.41, 5.74) is 8.74. The lowest BCUT2D eigenvalue weighted by atomic mass is 9.89. The van der Waals surface area contributed by atoms with Gasteiger partial charge >= 0.3 is 7.82 Å². The van der Waals surface area contributed by atoms with Crippen LogP contribution in [-0.2, 0) is 20.3 Å². The first kappa shape index (κ1) is 26.1. The number of hydrogen-bond donors (Lipinski definition) is 3. The number of nitrogens with two attached hydrogens (primary N) is 1. The third-order valence-corrected chi connectivity index (χ3v) is 6.33. The minimum atomic E-state index is -4.57. The molecule has 0 unspecified atom stereocenters. The van der Waals surface area contributed by atoms with Gasteiger partial charge in [-0.2, -0.15) is 0 Å². The highest BCUT2D eigenvalue weighted by Gasteiger charge is 2.35. The normalized spacial score (nSPS) is 16.4. The fraction of sp³-hybridized carbons (Fsp3) is 0.417. The molecule has 3 rings (SSSR count). The summed E-state index contributed by atoms with van der Waals surface area (Å²) in [4.78, 5) is 37.7. The van der Waals surface area contributed by atoms with Gasteiger partial charge in [0, 0.05) is 24.2 Å². The highest BCUT2D eigenvalue weighted by atomic mass is 31.2. The number of phosphoric acid groups is 1. The molecule has 9 nitrogen and oxygen atoms in total. The summed E-state index contributed by atoms with van der Waals surface area (Å²) < 4.78 is 15.5. The Morgan fingerprint density at radius 1 is 1.09 bits per heavy atom. The van der Waals surface area contributed by atoms with E-state index < -0.39 is 13.4 Å². The van der Waals surface area contributed by atoms with Crippen molar-refractivity contribution < 1.29 is 28.5 Å². The molecule has 2 aromatic carbocycles. The van der Waals surface area contributed by atoms with Crippen molar-refractivity contribution in [2.45, 2.75) is 38.1 Å². The Kier molecular flexibility index (Phi) is 8.99. The number of oxime groups is 1. The van der Waals surface area contributed by atoms with E-state index >= 15 is 0 Å². The first-order valence-electron chi connectivity index (χ1n) is 11.2. The molecule has 1 aliphatic rings. The van der Waals surface area contributed by atoms with Crippen LogP contribution in [0.4, 0.5) is 0 Å². The average molecular weight is 490 g/mol. The Morgan fingerprint density at radius 2 is 1.71 bits per heavy atom. The standard InChI is InChI=1S/C24H32N3O6P/c1-19(26-32-17-5-8-20-6-3-2-4-7-20)21-9-11-22(12-10-21)23(28)27-15-13-24(25,14-16-27)18-33-34(29,30)31/h2-4,6-7,9-12H,5,8,13-18,25H2,1H3,(H2,29,30,31). The fourth-order valence-electron chi connectivity index (χ4n) is 3.73. The molecule has 0 aliphatic carbocycles. The van der Waals surface area contributed by atoms with Crippen LogP contribution in [0.1, 0.15) is 47.7 Å². The van der Waals surface area contributed by atoms with E-state index in [-0.39, 0.29) is 12.5 Å². The van der Waals surface area contributed by atoms with Crippen LogP contribution in [0.3, 0.4) is 0 Å². The number of piperidine rings is 1. The van der Waals surface area contributed by atoms with Crippen molar-refractivity contribution in [2.75, 3.05) is 26.3 Å². The van der Waals surface area contributed by atoms with Crippen molar-refractivity contribution in [3.05, 3.63) is 71.3 Å². The van der Waals surface area contributed by atoms with Gasteiger partial charge in [0.2, 0.25) is 0 Å². The molecule has 1 aliphatic heterocycles. The van der Waals surface area contributed by atoms with Crippen molar-refractivity contribution in [1.29, 1.82) is 0 Å². The molecule has 1 fully saturated rings. The first-order valence-corrected chi connectivity index (χ1v) is 12.8. The van der Waals surface area contributed by atoms with Crippen LogP contribution in [0, 0.1) is 0 Å². The summed E-state index contributed by atoms with van der Waals surface area (Å²) in [6, 6.07) is 17.4. The second kappa shape index (κ2) is 11.7. The Hall–Kier alpha value is -2.55. The summed E-state index contributed by atoms with van der Waals surface area (Å²) >= 11 is 0. The molecule has 1 amide bonds. The van der Waals surface area contributed by atoms with Crippen LogP contribution in [0.2, 0.25) is 0 Å². The molecule has 0 bridgehead atoms. The topological polar surface area (TPSA) is 135 Å². The smallest absolute Gasteiger partial charge is 0.396 e. The molecule has 34 heavy (non-hydrogen) atoms. The zero-order chi connectivity index (χ0) is 24.6. The van der Waals surface area contributed by atoms with Crippen molar-refractivity contribution in [2.24, 2.45) is 10.9 Å². The van der Waals surface area contributed by atoms with Gasteiger partial charge in [-0.05, 0) is 55.9 Å². The lowest BCUT2D eigenvalue weighted by molar-refractivity contribution is 0.0594. The van der Waals surface area contributed by atoms with Crippen molar-refractivity contribution in [3.63, 3.8) is 0 Å². The van der Waals surface area contributed by atoms with Gasteiger partial charge in [0.25, 0.3) is 5.91 Å². The molecule has 4 N–H and O–H groups in total. The number of carbonyl (C=O) groups excluding carboxylic acids is 1. The van der Waals surface area contributed by atoms with E-state index in [4.69, 9.17) is 20.4 Å². The number of nitrogens with zero attached hydrogens (tertiary/aromatic N) is 2. The minimum absolute atomic E-state index is 0.115. The van der Waals surface area contributed by atoms with Gasteiger partial charge in [0.05, 0.1) is 12.3 Å². The van der Waals surface area contributed by atoms with Crippen LogP contribution in [0.5, 0.6) is 0 Å². The lowest BCUT2D eigenvalue weighted by Gasteiger charge is -2.38. The van der Waals surface area contributed by atoms with Gasteiger partial charge < -0.3 is 25.3 Å². The van der Waals surface area contributed by atoms with Gasteiger partial charge in [0.1, 0.15) is 6.61 Å². The third-order valence-electron chi connectivity index (χ3n) is 5.86. The van der Waals surface area contributed by atoms with E-state index in [1.165, 1.54) is 5.56 Å². The van der Waals surface area contributed by atoms with E-state index in [0.29, 0.717) is 38.1 Å². The first-order chi connectivity index (χ1) is 16.2.